The third kappa shape index (κ3) is 8.75. The number of aliphatic hydroxyl groups is 1. The fourth-order valence-electron chi connectivity index (χ4n) is 8.92. The minimum Gasteiger partial charge on any atom is -0.396 e. The van der Waals surface area contributed by atoms with Crippen LogP contribution in [0.2, 0.25) is 33.2 Å². The Morgan fingerprint density at radius 1 is 0.549 bits per heavy atom. The molecule has 4 heteroatoms. The first-order chi connectivity index (χ1) is 24.2. The highest BCUT2D eigenvalue weighted by Gasteiger charge is 2.42. The zero-order valence-electron chi connectivity index (χ0n) is 33.4. The van der Waals surface area contributed by atoms with Crippen molar-refractivity contribution < 1.29 is 5.11 Å². The summed E-state index contributed by atoms with van der Waals surface area (Å²) in [4.78, 5) is 1.36. The minimum atomic E-state index is -1.92. The summed E-state index contributed by atoms with van der Waals surface area (Å²) in [6.45, 7) is 29.1. The molecule has 0 saturated heterocycles. The Morgan fingerprint density at radius 3 is 1.51 bits per heavy atom. The predicted molar refractivity (Wildman–Crippen MR) is 235 cm³/mol. The molecule has 0 amide bonds. The van der Waals surface area contributed by atoms with Gasteiger partial charge in [0.05, 0.1) is 0 Å². The van der Waals surface area contributed by atoms with Crippen molar-refractivity contribution in [3.63, 3.8) is 0 Å². The SMILES string of the molecule is CC(C)[Si](C#Cc1ccc2cc3cc4ccccc4cc3cc2c1C#C[Si](C(C)C)(C(C)C)C(C)C)(C(C)C)C(C)C.OCCCc1cccs1. The van der Waals surface area contributed by atoms with Gasteiger partial charge in [-0.15, -0.1) is 22.4 Å². The second-order valence-corrected chi connectivity index (χ2v) is 28.5. The molecule has 0 spiro atoms. The lowest BCUT2D eigenvalue weighted by atomic mass is 9.95. The fraction of sp³-hybridized carbons (Fsp3) is 0.447. The van der Waals surface area contributed by atoms with Crippen LogP contribution >= 0.6 is 11.3 Å². The van der Waals surface area contributed by atoms with E-state index in [0.717, 1.165) is 24.0 Å². The van der Waals surface area contributed by atoms with Crippen LogP contribution in [-0.2, 0) is 6.42 Å². The number of hydrogen-bond donors (Lipinski definition) is 1. The molecule has 0 aliphatic heterocycles. The van der Waals surface area contributed by atoms with E-state index in [1.807, 2.05) is 6.07 Å². The molecule has 1 N–H and O–H groups in total. The van der Waals surface area contributed by atoms with E-state index in [1.54, 1.807) is 11.3 Å². The van der Waals surface area contributed by atoms with Gasteiger partial charge < -0.3 is 5.11 Å². The van der Waals surface area contributed by atoms with Crippen LogP contribution in [-0.4, -0.2) is 27.9 Å². The molecule has 1 aromatic heterocycles. The molecular weight excluding hydrogens is 669 g/mol. The molecule has 4 aromatic carbocycles. The van der Waals surface area contributed by atoms with E-state index in [2.05, 4.69) is 178 Å². The van der Waals surface area contributed by atoms with Gasteiger partial charge in [-0.05, 0) is 120 Å². The normalized spacial score (nSPS) is 12.2. The predicted octanol–water partition coefficient (Wildman–Crippen LogP) is 14.0. The smallest absolute Gasteiger partial charge is 0.146 e. The van der Waals surface area contributed by atoms with Gasteiger partial charge in [-0.2, -0.15) is 0 Å². The fourth-order valence-corrected chi connectivity index (χ4v) is 20.1. The Kier molecular flexibility index (Phi) is 14.0. The first kappa shape index (κ1) is 40.6. The van der Waals surface area contributed by atoms with E-state index >= 15 is 0 Å². The Balaban J connectivity index is 0.000000563. The summed E-state index contributed by atoms with van der Waals surface area (Å²) in [5.41, 5.74) is 13.9. The van der Waals surface area contributed by atoms with Gasteiger partial charge in [-0.1, -0.05) is 131 Å². The van der Waals surface area contributed by atoms with Crippen molar-refractivity contribution in [2.45, 2.75) is 129 Å². The molecule has 5 aromatic rings. The van der Waals surface area contributed by atoms with Crippen molar-refractivity contribution in [2.75, 3.05) is 6.61 Å². The molecule has 0 atom stereocenters. The summed E-state index contributed by atoms with van der Waals surface area (Å²) in [6, 6.07) is 26.7. The lowest BCUT2D eigenvalue weighted by Crippen LogP contribution is -2.43. The molecule has 0 fully saturated rings. The monoisotopic (exact) mass is 730 g/mol. The summed E-state index contributed by atoms with van der Waals surface area (Å²) in [5.74, 6) is 7.71. The summed E-state index contributed by atoms with van der Waals surface area (Å²) in [5, 5.41) is 18.1. The number of aliphatic hydroxyl groups excluding tert-OH is 1. The van der Waals surface area contributed by atoms with E-state index < -0.39 is 16.1 Å². The second-order valence-electron chi connectivity index (χ2n) is 16.3. The van der Waals surface area contributed by atoms with E-state index in [4.69, 9.17) is 5.11 Å². The van der Waals surface area contributed by atoms with Crippen molar-refractivity contribution in [3.05, 3.63) is 94.2 Å². The molecule has 1 nitrogen and oxygen atoms in total. The van der Waals surface area contributed by atoms with Crippen LogP contribution in [0.1, 0.15) is 106 Å². The first-order valence-corrected chi connectivity index (χ1v) is 24.6. The third-order valence-electron chi connectivity index (χ3n) is 11.6. The van der Waals surface area contributed by atoms with Gasteiger partial charge in [0.15, 0.2) is 0 Å². The zero-order valence-corrected chi connectivity index (χ0v) is 36.3. The van der Waals surface area contributed by atoms with Gasteiger partial charge in [0, 0.05) is 22.6 Å². The maximum atomic E-state index is 8.47. The highest BCUT2D eigenvalue weighted by Crippen LogP contribution is 2.42. The first-order valence-electron chi connectivity index (χ1n) is 19.3. The summed E-state index contributed by atoms with van der Waals surface area (Å²) >= 11 is 1.75. The molecule has 0 aliphatic rings. The summed E-state index contributed by atoms with van der Waals surface area (Å²) < 4.78 is 0. The van der Waals surface area contributed by atoms with Crippen molar-refractivity contribution in [1.82, 2.24) is 0 Å². The van der Waals surface area contributed by atoms with Gasteiger partial charge in [0.1, 0.15) is 16.1 Å². The topological polar surface area (TPSA) is 20.2 Å². The van der Waals surface area contributed by atoms with Crippen molar-refractivity contribution in [2.24, 2.45) is 0 Å². The summed E-state index contributed by atoms with van der Waals surface area (Å²) in [7, 11) is -3.81. The number of aryl methyl sites for hydroxylation is 1. The molecule has 0 aliphatic carbocycles. The van der Waals surface area contributed by atoms with Crippen molar-refractivity contribution >= 4 is 59.8 Å². The molecule has 1 heterocycles. The average Bonchev–Trinajstić information content (AvgIpc) is 3.59. The van der Waals surface area contributed by atoms with Crippen molar-refractivity contribution in [1.29, 1.82) is 0 Å². The molecule has 270 valence electrons. The second kappa shape index (κ2) is 17.6. The number of thiophene rings is 1. The highest BCUT2D eigenvalue weighted by molar-refractivity contribution is 7.09. The van der Waals surface area contributed by atoms with Crippen molar-refractivity contribution in [3.8, 4) is 22.9 Å². The van der Waals surface area contributed by atoms with Crippen LogP contribution < -0.4 is 0 Å². The Labute approximate surface area is 316 Å². The molecular formula is C47H62OSSi2. The molecule has 0 bridgehead atoms. The Morgan fingerprint density at radius 2 is 1.04 bits per heavy atom. The van der Waals surface area contributed by atoms with Crippen LogP contribution in [0.25, 0.3) is 32.3 Å². The molecule has 0 radical (unpaired) electrons. The van der Waals surface area contributed by atoms with Crippen LogP contribution in [0.3, 0.4) is 0 Å². The Bertz CT molecular complexity index is 1980. The number of benzene rings is 4. The van der Waals surface area contributed by atoms with E-state index in [9.17, 15) is 0 Å². The molecule has 0 saturated carbocycles. The van der Waals surface area contributed by atoms with Gasteiger partial charge in [0.2, 0.25) is 0 Å². The van der Waals surface area contributed by atoms with E-state index in [-0.39, 0.29) is 0 Å². The van der Waals surface area contributed by atoms with Crippen LogP contribution in [0.15, 0.2) is 78.2 Å². The molecule has 51 heavy (non-hydrogen) atoms. The van der Waals surface area contributed by atoms with Crippen LogP contribution in [0.4, 0.5) is 0 Å². The largest absolute Gasteiger partial charge is 0.396 e. The molecule has 0 unspecified atom stereocenters. The van der Waals surface area contributed by atoms with E-state index in [1.165, 1.54) is 37.2 Å². The van der Waals surface area contributed by atoms with Gasteiger partial charge in [0.25, 0.3) is 0 Å². The summed E-state index contributed by atoms with van der Waals surface area (Å²) in [6.07, 6.45) is 1.91. The zero-order chi connectivity index (χ0) is 37.5. The number of fused-ring (bicyclic) bond motifs is 3. The maximum Gasteiger partial charge on any atom is 0.146 e. The highest BCUT2D eigenvalue weighted by atomic mass is 32.1. The average molecular weight is 731 g/mol. The van der Waals surface area contributed by atoms with Gasteiger partial charge in [-0.3, -0.25) is 0 Å². The third-order valence-corrected chi connectivity index (χ3v) is 25.1. The molecule has 5 rings (SSSR count). The van der Waals surface area contributed by atoms with Gasteiger partial charge >= 0.3 is 0 Å². The number of rotatable bonds is 9. The standard InChI is InChI=1S/C40H52Si2.C7H10OS/c1-27(2)41(28(3)4,29(5)6)21-19-33-17-18-36-25-37-23-34-15-13-14-16-35(34)24-38(37)26-40(36)39(33)20-22-42(30(7)8,31(9)10)32(11)12;8-5-1-3-7-4-2-6-9-7/h13-18,23-32H,1-12H3;2,4,6,8H,1,3,5H2. The van der Waals surface area contributed by atoms with Gasteiger partial charge in [-0.25, -0.2) is 0 Å². The minimum absolute atomic E-state index is 0.303. The Hall–Kier alpha value is -3.13. The van der Waals surface area contributed by atoms with E-state index in [0.29, 0.717) is 39.9 Å². The lowest BCUT2D eigenvalue weighted by molar-refractivity contribution is 0.289. The van der Waals surface area contributed by atoms with Crippen LogP contribution in [0, 0.1) is 22.9 Å². The maximum absolute atomic E-state index is 8.47. The number of hydrogen-bond acceptors (Lipinski definition) is 2. The quantitative estimate of drug-likeness (QED) is 0.0909. The van der Waals surface area contributed by atoms with Crippen LogP contribution in [0.5, 0.6) is 0 Å². The lowest BCUT2D eigenvalue weighted by Gasteiger charge is -2.38.